The minimum Gasteiger partial charge on any atom is -0.374 e. The molecule has 2 atom stereocenters. The molecule has 2 fully saturated rings. The lowest BCUT2D eigenvalue weighted by atomic mass is 10.2. The van der Waals surface area contributed by atoms with E-state index in [0.29, 0.717) is 12.2 Å². The summed E-state index contributed by atoms with van der Waals surface area (Å²) in [5.74, 6) is 0.990. The molecule has 12 heavy (non-hydrogen) atoms. The summed E-state index contributed by atoms with van der Waals surface area (Å²) in [7, 11) is 0. The predicted octanol–water partition coefficient (Wildman–Crippen LogP) is 1.55. The highest BCUT2D eigenvalue weighted by molar-refractivity contribution is 4.78. The van der Waals surface area contributed by atoms with Crippen molar-refractivity contribution in [3.8, 4) is 0 Å². The Morgan fingerprint density at radius 3 is 2.58 bits per heavy atom. The zero-order valence-electron chi connectivity index (χ0n) is 7.88. The van der Waals surface area contributed by atoms with Crippen LogP contribution < -0.4 is 5.32 Å². The maximum atomic E-state index is 5.70. The van der Waals surface area contributed by atoms with Gasteiger partial charge in [-0.1, -0.05) is 0 Å². The van der Waals surface area contributed by atoms with E-state index in [-0.39, 0.29) is 0 Å². The normalized spacial score (nSPS) is 35.8. The molecule has 1 aliphatic heterocycles. The van der Waals surface area contributed by atoms with Crippen LogP contribution >= 0.6 is 0 Å². The van der Waals surface area contributed by atoms with Gasteiger partial charge in [0.1, 0.15) is 0 Å². The third-order valence-electron chi connectivity index (χ3n) is 2.82. The van der Waals surface area contributed by atoms with Crippen LogP contribution in [0.5, 0.6) is 0 Å². The Kier molecular flexibility index (Phi) is 2.66. The van der Waals surface area contributed by atoms with Gasteiger partial charge < -0.3 is 10.1 Å². The second kappa shape index (κ2) is 3.75. The first-order valence-electron chi connectivity index (χ1n) is 5.21. The van der Waals surface area contributed by atoms with Gasteiger partial charge in [0.15, 0.2) is 0 Å². The first-order chi connectivity index (χ1) is 5.84. The van der Waals surface area contributed by atoms with Crippen LogP contribution in [-0.4, -0.2) is 25.3 Å². The van der Waals surface area contributed by atoms with Crippen molar-refractivity contribution >= 4 is 0 Å². The van der Waals surface area contributed by atoms with Crippen LogP contribution in [0.15, 0.2) is 0 Å². The van der Waals surface area contributed by atoms with E-state index in [1.165, 1.54) is 32.2 Å². The molecule has 2 aliphatic rings. The van der Waals surface area contributed by atoms with Crippen molar-refractivity contribution in [2.75, 3.05) is 13.1 Å². The molecular formula is C10H19NO. The van der Waals surface area contributed by atoms with Crippen molar-refractivity contribution in [1.82, 2.24) is 5.32 Å². The van der Waals surface area contributed by atoms with E-state index in [2.05, 4.69) is 12.2 Å². The predicted molar refractivity (Wildman–Crippen MR) is 49.2 cm³/mol. The lowest BCUT2D eigenvalue weighted by Gasteiger charge is -2.11. The number of ether oxygens (including phenoxy) is 1. The molecule has 0 spiro atoms. The van der Waals surface area contributed by atoms with Gasteiger partial charge in [0.2, 0.25) is 0 Å². The van der Waals surface area contributed by atoms with Gasteiger partial charge in [-0.15, -0.1) is 0 Å². The minimum absolute atomic E-state index is 0.498. The Balaban J connectivity index is 1.54. The molecule has 2 unspecified atom stereocenters. The van der Waals surface area contributed by atoms with Crippen molar-refractivity contribution in [3.63, 3.8) is 0 Å². The molecule has 1 saturated heterocycles. The van der Waals surface area contributed by atoms with Crippen LogP contribution in [0.25, 0.3) is 0 Å². The van der Waals surface area contributed by atoms with Crippen LogP contribution in [0.4, 0.5) is 0 Å². The molecule has 0 aromatic heterocycles. The molecular weight excluding hydrogens is 150 g/mol. The summed E-state index contributed by atoms with van der Waals surface area (Å²) < 4.78 is 5.70. The fourth-order valence-electron chi connectivity index (χ4n) is 1.81. The fraction of sp³-hybridized carbons (Fsp3) is 1.00. The Morgan fingerprint density at radius 1 is 1.17 bits per heavy atom. The molecule has 1 aliphatic carbocycles. The summed E-state index contributed by atoms with van der Waals surface area (Å²) >= 11 is 0. The maximum absolute atomic E-state index is 5.70. The average Bonchev–Trinajstić information content (AvgIpc) is 2.76. The molecule has 0 aromatic carbocycles. The molecule has 1 saturated carbocycles. The summed E-state index contributed by atoms with van der Waals surface area (Å²) in [6.45, 7) is 4.45. The van der Waals surface area contributed by atoms with Crippen LogP contribution in [0.2, 0.25) is 0 Å². The molecule has 1 heterocycles. The molecule has 70 valence electrons. The van der Waals surface area contributed by atoms with E-state index in [1.54, 1.807) is 0 Å². The number of rotatable bonds is 4. The van der Waals surface area contributed by atoms with Crippen LogP contribution in [0.1, 0.15) is 32.6 Å². The van der Waals surface area contributed by atoms with Crippen molar-refractivity contribution in [3.05, 3.63) is 0 Å². The second-order valence-corrected chi connectivity index (χ2v) is 4.25. The van der Waals surface area contributed by atoms with Crippen molar-refractivity contribution < 1.29 is 4.74 Å². The Bertz CT molecular complexity index is 145. The SMILES string of the molecule is CC1CCC(CNCC2CC2)O1. The summed E-state index contributed by atoms with van der Waals surface area (Å²) in [4.78, 5) is 0. The van der Waals surface area contributed by atoms with Gasteiger partial charge >= 0.3 is 0 Å². The largest absolute Gasteiger partial charge is 0.374 e. The lowest BCUT2D eigenvalue weighted by molar-refractivity contribution is 0.0560. The first-order valence-corrected chi connectivity index (χ1v) is 5.21. The van der Waals surface area contributed by atoms with Crippen molar-refractivity contribution in [2.24, 2.45) is 5.92 Å². The monoisotopic (exact) mass is 169 g/mol. The summed E-state index contributed by atoms with van der Waals surface area (Å²) in [6, 6.07) is 0. The smallest absolute Gasteiger partial charge is 0.0704 e. The van der Waals surface area contributed by atoms with E-state index in [1.807, 2.05) is 0 Å². The Morgan fingerprint density at radius 2 is 2.00 bits per heavy atom. The highest BCUT2D eigenvalue weighted by Crippen LogP contribution is 2.27. The van der Waals surface area contributed by atoms with Gasteiger partial charge in [0.05, 0.1) is 12.2 Å². The van der Waals surface area contributed by atoms with Crippen LogP contribution in [0.3, 0.4) is 0 Å². The van der Waals surface area contributed by atoms with E-state index in [0.717, 1.165) is 12.5 Å². The highest BCUT2D eigenvalue weighted by atomic mass is 16.5. The zero-order valence-corrected chi connectivity index (χ0v) is 7.88. The van der Waals surface area contributed by atoms with Crippen molar-refractivity contribution in [2.45, 2.75) is 44.8 Å². The molecule has 2 rings (SSSR count). The van der Waals surface area contributed by atoms with Gasteiger partial charge in [0.25, 0.3) is 0 Å². The molecule has 0 amide bonds. The molecule has 1 N–H and O–H groups in total. The van der Waals surface area contributed by atoms with Crippen LogP contribution in [-0.2, 0) is 4.74 Å². The summed E-state index contributed by atoms with van der Waals surface area (Å²) in [6.07, 6.45) is 6.37. The third kappa shape index (κ3) is 2.46. The Hall–Kier alpha value is -0.0800. The Labute approximate surface area is 74.7 Å². The number of hydrogen-bond acceptors (Lipinski definition) is 2. The molecule has 2 nitrogen and oxygen atoms in total. The summed E-state index contributed by atoms with van der Waals surface area (Å²) in [5.41, 5.74) is 0. The highest BCUT2D eigenvalue weighted by Gasteiger charge is 2.23. The zero-order chi connectivity index (χ0) is 8.39. The van der Waals surface area contributed by atoms with E-state index in [4.69, 9.17) is 4.74 Å². The molecule has 0 aromatic rings. The molecule has 2 heteroatoms. The van der Waals surface area contributed by atoms with Gasteiger partial charge in [0, 0.05) is 6.54 Å². The second-order valence-electron chi connectivity index (χ2n) is 4.25. The van der Waals surface area contributed by atoms with Gasteiger partial charge in [-0.2, -0.15) is 0 Å². The third-order valence-corrected chi connectivity index (χ3v) is 2.82. The maximum Gasteiger partial charge on any atom is 0.0704 e. The van der Waals surface area contributed by atoms with E-state index >= 15 is 0 Å². The van der Waals surface area contributed by atoms with Gasteiger partial charge in [-0.3, -0.25) is 0 Å². The topological polar surface area (TPSA) is 21.3 Å². The molecule has 0 bridgehead atoms. The standard InChI is InChI=1S/C10H19NO/c1-8-2-5-10(12-8)7-11-6-9-3-4-9/h8-11H,2-7H2,1H3. The first kappa shape index (κ1) is 8.52. The van der Waals surface area contributed by atoms with E-state index in [9.17, 15) is 0 Å². The van der Waals surface area contributed by atoms with Crippen LogP contribution in [0, 0.1) is 5.92 Å². The fourth-order valence-corrected chi connectivity index (χ4v) is 1.81. The minimum atomic E-state index is 0.498. The van der Waals surface area contributed by atoms with Crippen molar-refractivity contribution in [1.29, 1.82) is 0 Å². The lowest BCUT2D eigenvalue weighted by Crippen LogP contribution is -2.28. The number of nitrogens with one attached hydrogen (secondary N) is 1. The summed E-state index contributed by atoms with van der Waals surface area (Å²) in [5, 5.41) is 3.48. The quantitative estimate of drug-likeness (QED) is 0.689. The van der Waals surface area contributed by atoms with Gasteiger partial charge in [-0.05, 0) is 45.1 Å². The number of hydrogen-bond donors (Lipinski definition) is 1. The van der Waals surface area contributed by atoms with Gasteiger partial charge in [-0.25, -0.2) is 0 Å². The average molecular weight is 169 g/mol. The van der Waals surface area contributed by atoms with E-state index < -0.39 is 0 Å². The molecule has 0 radical (unpaired) electrons.